The van der Waals surface area contributed by atoms with Gasteiger partial charge in [-0.1, -0.05) is 39.1 Å². The van der Waals surface area contributed by atoms with Crippen LogP contribution in [-0.4, -0.2) is 23.1 Å². The van der Waals surface area contributed by atoms with E-state index < -0.39 is 0 Å². The summed E-state index contributed by atoms with van der Waals surface area (Å²) in [7, 11) is 0. The molecular formula is C6H5BrCl2Mg. The van der Waals surface area contributed by atoms with Gasteiger partial charge in [0.2, 0.25) is 0 Å². The van der Waals surface area contributed by atoms with Crippen LogP contribution in [0.1, 0.15) is 2.85 Å². The van der Waals surface area contributed by atoms with E-state index >= 15 is 0 Å². The molecule has 0 spiro atoms. The van der Waals surface area contributed by atoms with Crippen molar-refractivity contribution in [2.45, 2.75) is 0 Å². The normalized spacial score (nSPS) is 8.70. The van der Waals surface area contributed by atoms with E-state index in [9.17, 15) is 0 Å². The second-order valence-corrected chi connectivity index (χ2v) is 3.29. The van der Waals surface area contributed by atoms with Crippen molar-refractivity contribution in [3.05, 3.63) is 32.7 Å². The van der Waals surface area contributed by atoms with Crippen molar-refractivity contribution in [2.24, 2.45) is 0 Å². The van der Waals surface area contributed by atoms with E-state index in [1.165, 1.54) is 0 Å². The van der Waals surface area contributed by atoms with Crippen LogP contribution >= 0.6 is 39.1 Å². The van der Waals surface area contributed by atoms with Crippen molar-refractivity contribution in [3.8, 4) is 0 Å². The maximum atomic E-state index is 5.65. The minimum atomic E-state index is 0. The van der Waals surface area contributed by atoms with Crippen LogP contribution < -0.4 is 0 Å². The molecule has 0 amide bonds. The predicted molar refractivity (Wildman–Crippen MR) is 52.1 cm³/mol. The topological polar surface area (TPSA) is 0 Å². The summed E-state index contributed by atoms with van der Waals surface area (Å²) >= 11 is 14.5. The summed E-state index contributed by atoms with van der Waals surface area (Å²) in [5, 5.41) is 1.16. The molecular weight excluding hydrogens is 247 g/mol. The van der Waals surface area contributed by atoms with E-state index in [1.807, 2.05) is 6.07 Å². The molecule has 0 saturated carbocycles. The Hall–Kier alpha value is 1.05. The molecule has 0 aliphatic carbocycles. The van der Waals surface area contributed by atoms with Gasteiger partial charge in [0.1, 0.15) is 0 Å². The summed E-state index contributed by atoms with van der Waals surface area (Å²) in [6.45, 7) is 0. The van der Waals surface area contributed by atoms with Gasteiger partial charge < -0.3 is 2.85 Å². The number of rotatable bonds is 0. The molecule has 0 aromatic heterocycles. The third-order valence-electron chi connectivity index (χ3n) is 0.882. The molecule has 1 aromatic rings. The first-order valence-electron chi connectivity index (χ1n) is 2.30. The molecule has 10 heavy (non-hydrogen) atoms. The molecule has 4 heteroatoms. The van der Waals surface area contributed by atoms with Crippen molar-refractivity contribution >= 4 is 62.2 Å². The molecule has 52 valence electrons. The number of benzene rings is 1. The molecule has 0 aliphatic heterocycles. The molecule has 0 N–H and O–H groups in total. The molecule has 0 aliphatic rings. The van der Waals surface area contributed by atoms with E-state index in [0.29, 0.717) is 10.0 Å². The van der Waals surface area contributed by atoms with Crippen LogP contribution in [0.3, 0.4) is 0 Å². The summed E-state index contributed by atoms with van der Waals surface area (Å²) < 4.78 is 0.942. The first kappa shape index (κ1) is 11.0. The summed E-state index contributed by atoms with van der Waals surface area (Å²) in [6.07, 6.45) is 0. The van der Waals surface area contributed by atoms with Crippen molar-refractivity contribution in [1.82, 2.24) is 0 Å². The van der Waals surface area contributed by atoms with Gasteiger partial charge in [0.05, 0.1) is 10.0 Å². The zero-order chi connectivity index (χ0) is 6.85. The zero-order valence-electron chi connectivity index (χ0n) is 7.07. The smallest absolute Gasteiger partial charge is 1.00 e. The Labute approximate surface area is 97.1 Å². The monoisotopic (exact) mass is 250 g/mol. The molecule has 0 bridgehead atoms. The van der Waals surface area contributed by atoms with Gasteiger partial charge in [-0.25, -0.2) is 0 Å². The molecule has 0 saturated heterocycles. The van der Waals surface area contributed by atoms with Crippen molar-refractivity contribution in [1.29, 1.82) is 0 Å². The van der Waals surface area contributed by atoms with Crippen LogP contribution in [0, 0.1) is 0 Å². The van der Waals surface area contributed by atoms with Gasteiger partial charge in [-0.3, -0.25) is 0 Å². The molecule has 0 radical (unpaired) electrons. The van der Waals surface area contributed by atoms with E-state index in [4.69, 9.17) is 23.2 Å². The van der Waals surface area contributed by atoms with E-state index in [0.717, 1.165) is 4.47 Å². The summed E-state index contributed by atoms with van der Waals surface area (Å²) in [6, 6.07) is 5.34. The first-order chi connectivity index (χ1) is 4.20. The molecule has 0 nitrogen and oxygen atoms in total. The fraction of sp³-hybridized carbons (Fsp3) is 0. The second-order valence-electron chi connectivity index (χ2n) is 1.56. The maximum Gasteiger partial charge on any atom is 2.00 e. The van der Waals surface area contributed by atoms with Crippen LogP contribution in [0.5, 0.6) is 0 Å². The molecule has 0 fully saturated rings. The van der Waals surface area contributed by atoms with Crippen LogP contribution in [0.2, 0.25) is 10.0 Å². The number of halogens is 3. The van der Waals surface area contributed by atoms with Gasteiger partial charge in [0.15, 0.2) is 0 Å². The van der Waals surface area contributed by atoms with Crippen LogP contribution in [-0.2, 0) is 0 Å². The minimum Gasteiger partial charge on any atom is -1.00 e. The molecule has 0 unspecified atom stereocenters. The maximum absolute atomic E-state index is 5.65. The summed E-state index contributed by atoms with van der Waals surface area (Å²) in [4.78, 5) is 0. The van der Waals surface area contributed by atoms with E-state index in [-0.39, 0.29) is 25.9 Å². The Morgan fingerprint density at radius 3 is 2.20 bits per heavy atom. The van der Waals surface area contributed by atoms with E-state index in [2.05, 4.69) is 15.9 Å². The van der Waals surface area contributed by atoms with Crippen molar-refractivity contribution in [3.63, 3.8) is 0 Å². The Morgan fingerprint density at radius 2 is 1.80 bits per heavy atom. The Morgan fingerprint density at radius 1 is 1.20 bits per heavy atom. The fourth-order valence-corrected chi connectivity index (χ4v) is 1.26. The standard InChI is InChI=1S/C6H3BrCl2.Mg.2H/c7-4-1-2-5(8)6(9)3-4;;;/h1-3H;;;/q;+2;2*-1. The van der Waals surface area contributed by atoms with E-state index in [1.54, 1.807) is 12.1 Å². The summed E-state index contributed by atoms with van der Waals surface area (Å²) in [5.41, 5.74) is 0. The average Bonchev–Trinajstić information content (AvgIpc) is 1.80. The first-order valence-corrected chi connectivity index (χ1v) is 3.85. The van der Waals surface area contributed by atoms with Crippen molar-refractivity contribution < 1.29 is 2.85 Å². The third kappa shape index (κ3) is 2.97. The fourth-order valence-electron chi connectivity index (χ4n) is 0.470. The average molecular weight is 252 g/mol. The number of hydrogen-bond acceptors (Lipinski definition) is 0. The largest absolute Gasteiger partial charge is 2.00 e. The van der Waals surface area contributed by atoms with Gasteiger partial charge >= 0.3 is 23.1 Å². The van der Waals surface area contributed by atoms with Crippen LogP contribution in [0.4, 0.5) is 0 Å². The molecule has 1 rings (SSSR count). The molecule has 0 heterocycles. The third-order valence-corrected chi connectivity index (χ3v) is 2.11. The second kappa shape index (κ2) is 4.83. The quantitative estimate of drug-likeness (QED) is 0.489. The summed E-state index contributed by atoms with van der Waals surface area (Å²) in [5.74, 6) is 0. The van der Waals surface area contributed by atoms with Gasteiger partial charge in [-0.2, -0.15) is 0 Å². The van der Waals surface area contributed by atoms with Gasteiger partial charge in [-0.05, 0) is 18.2 Å². The van der Waals surface area contributed by atoms with Crippen LogP contribution in [0.25, 0.3) is 0 Å². The predicted octanol–water partition coefficient (Wildman–Crippen LogP) is 3.60. The van der Waals surface area contributed by atoms with Gasteiger partial charge in [-0.15, -0.1) is 0 Å². The van der Waals surface area contributed by atoms with Gasteiger partial charge in [0.25, 0.3) is 0 Å². The molecule has 0 atom stereocenters. The van der Waals surface area contributed by atoms with Crippen LogP contribution in [0.15, 0.2) is 22.7 Å². The van der Waals surface area contributed by atoms with Crippen molar-refractivity contribution in [2.75, 3.05) is 0 Å². The SMILES string of the molecule is Clc1ccc(Br)cc1Cl.[H-].[H-].[Mg+2]. The Bertz CT molecular complexity index is 235. The Balaban J connectivity index is -0.000000270. The Kier molecular flexibility index (Phi) is 5.34. The molecule has 1 aromatic carbocycles. The number of hydrogen-bond donors (Lipinski definition) is 0. The zero-order valence-corrected chi connectivity index (χ0v) is 9.59. The minimum absolute atomic E-state index is 0. The van der Waals surface area contributed by atoms with Gasteiger partial charge in [0, 0.05) is 4.47 Å².